The van der Waals surface area contributed by atoms with Gasteiger partial charge in [-0.2, -0.15) is 0 Å². The van der Waals surface area contributed by atoms with E-state index < -0.39 is 21.9 Å². The second-order valence-electron chi connectivity index (χ2n) is 5.01. The van der Waals surface area contributed by atoms with E-state index in [9.17, 15) is 17.6 Å². The fourth-order valence-electron chi connectivity index (χ4n) is 1.94. The molecule has 0 aromatic heterocycles. The van der Waals surface area contributed by atoms with Gasteiger partial charge in [-0.1, -0.05) is 12.1 Å². The number of halogens is 1. The quantitative estimate of drug-likeness (QED) is 0.823. The van der Waals surface area contributed by atoms with Gasteiger partial charge in [0.15, 0.2) is 17.7 Å². The molecule has 0 spiro atoms. The normalized spacial score (nSPS) is 12.5. The Hall–Kier alpha value is -2.41. The lowest BCUT2D eigenvalue weighted by Crippen LogP contribution is -2.24. The van der Waals surface area contributed by atoms with Crippen molar-refractivity contribution in [1.29, 1.82) is 0 Å². The summed E-state index contributed by atoms with van der Waals surface area (Å²) in [5.74, 6) is -0.872. The highest BCUT2D eigenvalue weighted by atomic mass is 32.2. The van der Waals surface area contributed by atoms with E-state index in [-0.39, 0.29) is 11.5 Å². The number of ketones is 1. The van der Waals surface area contributed by atoms with E-state index in [0.717, 1.165) is 6.26 Å². The zero-order valence-corrected chi connectivity index (χ0v) is 13.4. The number of hydrogen-bond donors (Lipinski definition) is 1. The van der Waals surface area contributed by atoms with Crippen molar-refractivity contribution in [1.82, 2.24) is 0 Å². The summed E-state index contributed by atoms with van der Waals surface area (Å²) in [6.45, 7) is 1.53. The zero-order chi connectivity index (χ0) is 17.0. The third-order valence-corrected chi connectivity index (χ3v) is 3.59. The Bertz CT molecular complexity index is 803. The minimum atomic E-state index is -3.37. The van der Waals surface area contributed by atoms with Crippen LogP contribution in [0.25, 0.3) is 0 Å². The van der Waals surface area contributed by atoms with E-state index in [4.69, 9.17) is 4.74 Å². The fraction of sp³-hybridized carbons (Fsp3) is 0.188. The fourth-order valence-corrected chi connectivity index (χ4v) is 2.50. The molecule has 0 aliphatic heterocycles. The summed E-state index contributed by atoms with van der Waals surface area (Å²) < 4.78 is 43.4. The molecule has 0 fully saturated rings. The largest absolute Gasteiger partial charge is 0.479 e. The monoisotopic (exact) mass is 337 g/mol. The van der Waals surface area contributed by atoms with E-state index in [1.54, 1.807) is 6.07 Å². The molecule has 2 aromatic rings. The van der Waals surface area contributed by atoms with Gasteiger partial charge in [-0.05, 0) is 43.3 Å². The Morgan fingerprint density at radius 2 is 1.74 bits per heavy atom. The number of sulfonamides is 1. The zero-order valence-electron chi connectivity index (χ0n) is 12.6. The van der Waals surface area contributed by atoms with Crippen LogP contribution < -0.4 is 9.46 Å². The summed E-state index contributed by atoms with van der Waals surface area (Å²) >= 11 is 0. The molecule has 1 N–H and O–H groups in total. The molecule has 0 heterocycles. The molecule has 23 heavy (non-hydrogen) atoms. The topological polar surface area (TPSA) is 72.5 Å². The molecular weight excluding hydrogens is 321 g/mol. The van der Waals surface area contributed by atoms with Gasteiger partial charge >= 0.3 is 0 Å². The van der Waals surface area contributed by atoms with Crippen molar-refractivity contribution in [2.45, 2.75) is 13.0 Å². The molecule has 2 aromatic carbocycles. The first-order valence-electron chi connectivity index (χ1n) is 6.79. The molecule has 0 radical (unpaired) electrons. The molecule has 122 valence electrons. The van der Waals surface area contributed by atoms with Crippen LogP contribution in [0.4, 0.5) is 10.1 Å². The van der Waals surface area contributed by atoms with E-state index in [0.29, 0.717) is 11.3 Å². The summed E-state index contributed by atoms with van der Waals surface area (Å²) in [6.07, 6.45) is 0.164. The van der Waals surface area contributed by atoms with Crippen molar-refractivity contribution in [3.63, 3.8) is 0 Å². The number of ether oxygens (including phenoxy) is 1. The molecule has 2 rings (SSSR count). The first kappa shape index (κ1) is 17.0. The van der Waals surface area contributed by atoms with Crippen LogP contribution >= 0.6 is 0 Å². The van der Waals surface area contributed by atoms with Gasteiger partial charge in [0.2, 0.25) is 15.8 Å². The summed E-state index contributed by atoms with van der Waals surface area (Å²) in [5.41, 5.74) is 0.694. The highest BCUT2D eigenvalue weighted by Crippen LogP contribution is 2.19. The van der Waals surface area contributed by atoms with Crippen LogP contribution in [0.2, 0.25) is 0 Å². The molecule has 5 nitrogen and oxygen atoms in total. The Morgan fingerprint density at radius 1 is 1.13 bits per heavy atom. The molecule has 0 bridgehead atoms. The molecule has 7 heteroatoms. The standard InChI is InChI=1S/C16H16FNO4S/c1-11(22-15-6-4-3-5-14(15)17)16(19)12-7-9-13(10-8-12)18-23(2,20)21/h3-11,18H,1-2H3/t11-/m0/s1. The Balaban J connectivity index is 2.09. The lowest BCUT2D eigenvalue weighted by atomic mass is 10.1. The second kappa shape index (κ2) is 6.78. The van der Waals surface area contributed by atoms with Gasteiger partial charge in [0.05, 0.1) is 6.26 Å². The third kappa shape index (κ3) is 4.79. The van der Waals surface area contributed by atoms with Gasteiger partial charge in [-0.25, -0.2) is 12.8 Å². The van der Waals surface area contributed by atoms with Gasteiger partial charge in [0, 0.05) is 11.3 Å². The summed E-state index contributed by atoms with van der Waals surface area (Å²) in [6, 6.07) is 11.8. The van der Waals surface area contributed by atoms with Crippen LogP contribution in [0.1, 0.15) is 17.3 Å². The number of benzene rings is 2. The van der Waals surface area contributed by atoms with Gasteiger partial charge in [-0.15, -0.1) is 0 Å². The minimum absolute atomic E-state index is 0.00344. The van der Waals surface area contributed by atoms with E-state index in [2.05, 4.69) is 4.72 Å². The Labute approximate surface area is 134 Å². The van der Waals surface area contributed by atoms with Gasteiger partial charge in [0.25, 0.3) is 0 Å². The van der Waals surface area contributed by atoms with Crippen molar-refractivity contribution < 1.29 is 22.3 Å². The maximum Gasteiger partial charge on any atom is 0.229 e. The molecule has 0 aliphatic rings. The van der Waals surface area contributed by atoms with Crippen LogP contribution in [0.15, 0.2) is 48.5 Å². The maximum atomic E-state index is 13.5. The molecular formula is C16H16FNO4S. The molecule has 0 saturated heterocycles. The van der Waals surface area contributed by atoms with Crippen LogP contribution in [0.3, 0.4) is 0 Å². The first-order chi connectivity index (χ1) is 10.8. The van der Waals surface area contributed by atoms with Gasteiger partial charge in [0.1, 0.15) is 0 Å². The predicted molar refractivity (Wildman–Crippen MR) is 85.7 cm³/mol. The van der Waals surface area contributed by atoms with Gasteiger partial charge < -0.3 is 4.74 Å². The van der Waals surface area contributed by atoms with E-state index in [1.807, 2.05) is 0 Å². The molecule has 0 unspecified atom stereocenters. The van der Waals surface area contributed by atoms with Crippen LogP contribution in [-0.4, -0.2) is 26.6 Å². The predicted octanol–water partition coefficient (Wildman–Crippen LogP) is 2.85. The van der Waals surface area contributed by atoms with Crippen molar-refractivity contribution in [2.24, 2.45) is 0 Å². The van der Waals surface area contributed by atoms with E-state index in [1.165, 1.54) is 49.4 Å². The number of hydrogen-bond acceptors (Lipinski definition) is 4. The number of Topliss-reactive ketones (excluding diaryl/α,β-unsaturated/α-hetero) is 1. The first-order valence-corrected chi connectivity index (χ1v) is 8.68. The number of carbonyl (C=O) groups is 1. The number of para-hydroxylation sites is 1. The summed E-state index contributed by atoms with van der Waals surface area (Å²) in [4.78, 5) is 12.3. The number of nitrogens with one attached hydrogen (secondary N) is 1. The van der Waals surface area contributed by atoms with Crippen molar-refractivity contribution >= 4 is 21.5 Å². The lowest BCUT2D eigenvalue weighted by molar-refractivity contribution is 0.0812. The smallest absolute Gasteiger partial charge is 0.229 e. The van der Waals surface area contributed by atoms with Crippen molar-refractivity contribution in [2.75, 3.05) is 11.0 Å². The number of anilines is 1. The Kier molecular flexibility index (Phi) is 5.00. The average molecular weight is 337 g/mol. The van der Waals surface area contributed by atoms with Crippen LogP contribution in [-0.2, 0) is 10.0 Å². The molecule has 0 saturated carbocycles. The summed E-state index contributed by atoms with van der Waals surface area (Å²) in [5, 5.41) is 0. The lowest BCUT2D eigenvalue weighted by Gasteiger charge is -2.14. The highest BCUT2D eigenvalue weighted by Gasteiger charge is 2.18. The Morgan fingerprint density at radius 3 is 2.30 bits per heavy atom. The minimum Gasteiger partial charge on any atom is -0.479 e. The second-order valence-corrected chi connectivity index (χ2v) is 6.75. The van der Waals surface area contributed by atoms with Crippen molar-refractivity contribution in [3.8, 4) is 5.75 Å². The number of rotatable bonds is 6. The third-order valence-electron chi connectivity index (χ3n) is 2.98. The van der Waals surface area contributed by atoms with Crippen LogP contribution in [0, 0.1) is 5.82 Å². The maximum absolute atomic E-state index is 13.5. The van der Waals surface area contributed by atoms with E-state index >= 15 is 0 Å². The summed E-state index contributed by atoms with van der Waals surface area (Å²) in [7, 11) is -3.37. The SMILES string of the molecule is C[C@H](Oc1ccccc1F)C(=O)c1ccc(NS(C)(=O)=O)cc1. The molecule has 0 aliphatic carbocycles. The average Bonchev–Trinajstić information content (AvgIpc) is 2.48. The molecule has 0 amide bonds. The highest BCUT2D eigenvalue weighted by molar-refractivity contribution is 7.92. The molecule has 1 atom stereocenters. The van der Waals surface area contributed by atoms with Crippen molar-refractivity contribution in [3.05, 3.63) is 59.9 Å². The number of carbonyl (C=O) groups excluding carboxylic acids is 1. The van der Waals surface area contributed by atoms with Crippen LogP contribution in [0.5, 0.6) is 5.75 Å². The van der Waals surface area contributed by atoms with Gasteiger partial charge in [-0.3, -0.25) is 9.52 Å².